The van der Waals surface area contributed by atoms with Crippen LogP contribution in [-0.4, -0.2) is 16.3 Å². The molecule has 0 spiro atoms. The van der Waals surface area contributed by atoms with Crippen LogP contribution in [0.15, 0.2) is 36.4 Å². The van der Waals surface area contributed by atoms with E-state index >= 15 is 0 Å². The molecule has 1 unspecified atom stereocenters. The van der Waals surface area contributed by atoms with Crippen LogP contribution in [-0.2, 0) is 19.5 Å². The van der Waals surface area contributed by atoms with Crippen molar-refractivity contribution in [1.29, 1.82) is 0 Å². The molecule has 0 aliphatic heterocycles. The minimum Gasteiger partial charge on any atom is -0.311 e. The number of aromatic nitrogens is 2. The van der Waals surface area contributed by atoms with E-state index in [1.807, 2.05) is 0 Å². The lowest BCUT2D eigenvalue weighted by molar-refractivity contribution is 0.558. The Morgan fingerprint density at radius 3 is 2.60 bits per heavy atom. The number of nitrogens with one attached hydrogen (secondary N) is 1. The maximum atomic E-state index is 4.58. The van der Waals surface area contributed by atoms with Crippen LogP contribution in [0.2, 0.25) is 0 Å². The summed E-state index contributed by atoms with van der Waals surface area (Å²) in [5, 5.41) is 8.13. The highest BCUT2D eigenvalue weighted by Crippen LogP contribution is 2.13. The van der Waals surface area contributed by atoms with Crippen molar-refractivity contribution in [3.05, 3.63) is 53.3 Å². The molecular formula is C17H25N3. The quantitative estimate of drug-likeness (QED) is 0.837. The third-order valence-electron chi connectivity index (χ3n) is 3.70. The Bertz CT molecular complexity index is 516. The van der Waals surface area contributed by atoms with Gasteiger partial charge in [-0.2, -0.15) is 5.10 Å². The van der Waals surface area contributed by atoms with Gasteiger partial charge in [0.05, 0.1) is 11.4 Å². The van der Waals surface area contributed by atoms with E-state index < -0.39 is 0 Å². The topological polar surface area (TPSA) is 29.9 Å². The minimum absolute atomic E-state index is 0.528. The maximum absolute atomic E-state index is 4.58. The molecule has 1 atom stereocenters. The van der Waals surface area contributed by atoms with Crippen LogP contribution >= 0.6 is 0 Å². The summed E-state index contributed by atoms with van der Waals surface area (Å²) in [4.78, 5) is 0. The molecule has 0 aliphatic carbocycles. The van der Waals surface area contributed by atoms with E-state index in [1.165, 1.54) is 17.0 Å². The Balaban J connectivity index is 1.88. The number of nitrogens with zero attached hydrogens (tertiary/aromatic N) is 2. The molecule has 2 aromatic rings. The lowest BCUT2D eigenvalue weighted by Gasteiger charge is -2.13. The van der Waals surface area contributed by atoms with E-state index in [1.54, 1.807) is 0 Å². The molecule has 1 aromatic heterocycles. The third-order valence-corrected chi connectivity index (χ3v) is 3.70. The first-order chi connectivity index (χ1) is 9.74. The fraction of sp³-hybridized carbons (Fsp3) is 0.471. The average molecular weight is 271 g/mol. The molecule has 0 bridgehead atoms. The number of hydrogen-bond acceptors (Lipinski definition) is 2. The molecule has 3 nitrogen and oxygen atoms in total. The molecule has 1 N–H and O–H groups in total. The van der Waals surface area contributed by atoms with Crippen molar-refractivity contribution in [2.75, 3.05) is 6.54 Å². The van der Waals surface area contributed by atoms with Crippen molar-refractivity contribution in [3.8, 4) is 0 Å². The Labute approximate surface area is 122 Å². The van der Waals surface area contributed by atoms with Crippen molar-refractivity contribution in [3.63, 3.8) is 0 Å². The Morgan fingerprint density at radius 2 is 1.95 bits per heavy atom. The molecule has 0 radical (unpaired) electrons. The van der Waals surface area contributed by atoms with Crippen LogP contribution < -0.4 is 5.32 Å². The van der Waals surface area contributed by atoms with Crippen LogP contribution in [0.3, 0.4) is 0 Å². The number of hydrogen-bond donors (Lipinski definition) is 1. The summed E-state index contributed by atoms with van der Waals surface area (Å²) in [6.45, 7) is 9.36. The first-order valence-corrected chi connectivity index (χ1v) is 7.55. The first-order valence-electron chi connectivity index (χ1n) is 7.55. The summed E-state index contributed by atoms with van der Waals surface area (Å²) in [7, 11) is 0. The summed E-state index contributed by atoms with van der Waals surface area (Å²) >= 11 is 0. The molecule has 0 fully saturated rings. The van der Waals surface area contributed by atoms with Gasteiger partial charge in [0.2, 0.25) is 0 Å². The fourth-order valence-electron chi connectivity index (χ4n) is 2.42. The van der Waals surface area contributed by atoms with E-state index in [9.17, 15) is 0 Å². The number of benzene rings is 1. The summed E-state index contributed by atoms with van der Waals surface area (Å²) in [5.41, 5.74) is 3.85. The second-order valence-corrected chi connectivity index (χ2v) is 5.24. The predicted molar refractivity (Wildman–Crippen MR) is 83.8 cm³/mol. The highest BCUT2D eigenvalue weighted by Gasteiger charge is 2.07. The van der Waals surface area contributed by atoms with Gasteiger partial charge in [-0.25, -0.2) is 0 Å². The highest BCUT2D eigenvalue weighted by molar-refractivity contribution is 5.19. The Hall–Kier alpha value is -1.61. The Morgan fingerprint density at radius 1 is 1.20 bits per heavy atom. The summed E-state index contributed by atoms with van der Waals surface area (Å²) in [6, 6.07) is 12.9. The summed E-state index contributed by atoms with van der Waals surface area (Å²) < 4.78 is 2.10. The van der Waals surface area contributed by atoms with Crippen molar-refractivity contribution >= 4 is 0 Å². The third kappa shape index (κ3) is 3.70. The lowest BCUT2D eigenvalue weighted by atomic mass is 10.0. The molecule has 1 aromatic carbocycles. The molecule has 0 saturated heterocycles. The molecule has 0 amide bonds. The highest BCUT2D eigenvalue weighted by atomic mass is 15.3. The number of rotatable bonds is 7. The second kappa shape index (κ2) is 7.25. The molecular weight excluding hydrogens is 246 g/mol. The van der Waals surface area contributed by atoms with Crippen molar-refractivity contribution < 1.29 is 0 Å². The molecule has 1 heterocycles. The van der Waals surface area contributed by atoms with Crippen LogP contribution in [0.4, 0.5) is 0 Å². The van der Waals surface area contributed by atoms with Gasteiger partial charge in [0.25, 0.3) is 0 Å². The van der Waals surface area contributed by atoms with Gasteiger partial charge >= 0.3 is 0 Å². The molecule has 0 saturated carbocycles. The van der Waals surface area contributed by atoms with Gasteiger partial charge in [-0.15, -0.1) is 0 Å². The van der Waals surface area contributed by atoms with E-state index in [2.05, 4.69) is 72.3 Å². The van der Waals surface area contributed by atoms with Gasteiger partial charge in [0.1, 0.15) is 0 Å². The summed E-state index contributed by atoms with van der Waals surface area (Å²) in [6.07, 6.45) is 1.00. The van der Waals surface area contributed by atoms with Crippen LogP contribution in [0.25, 0.3) is 0 Å². The van der Waals surface area contributed by atoms with Crippen LogP contribution in [0.1, 0.15) is 43.6 Å². The van der Waals surface area contributed by atoms with E-state index in [4.69, 9.17) is 0 Å². The summed E-state index contributed by atoms with van der Waals surface area (Å²) in [5.74, 6) is 0.528. The van der Waals surface area contributed by atoms with Gasteiger partial charge in [0.15, 0.2) is 0 Å². The smallest absolute Gasteiger partial charge is 0.0625 e. The SMILES string of the molecule is CCc1cc(CNCC(C)c2ccccc2)n(CC)n1. The standard InChI is InChI=1S/C17H25N3/c1-4-16-11-17(20(5-2)19-16)13-18-12-14(3)15-9-7-6-8-10-15/h6-11,14,18H,4-5,12-13H2,1-3H3. The molecule has 0 aliphatic rings. The monoisotopic (exact) mass is 271 g/mol. The molecule has 3 heteroatoms. The van der Waals surface area contributed by atoms with Crippen molar-refractivity contribution in [1.82, 2.24) is 15.1 Å². The van der Waals surface area contributed by atoms with Crippen molar-refractivity contribution in [2.24, 2.45) is 0 Å². The molecule has 2 rings (SSSR count). The van der Waals surface area contributed by atoms with Crippen molar-refractivity contribution in [2.45, 2.75) is 46.2 Å². The number of aryl methyl sites for hydroxylation is 2. The van der Waals surface area contributed by atoms with Crippen LogP contribution in [0.5, 0.6) is 0 Å². The van der Waals surface area contributed by atoms with Gasteiger partial charge in [0, 0.05) is 19.6 Å². The van der Waals surface area contributed by atoms with Gasteiger partial charge in [-0.05, 0) is 30.9 Å². The molecule has 20 heavy (non-hydrogen) atoms. The van der Waals surface area contributed by atoms with Gasteiger partial charge in [-0.1, -0.05) is 44.2 Å². The van der Waals surface area contributed by atoms with E-state index in [-0.39, 0.29) is 0 Å². The largest absolute Gasteiger partial charge is 0.311 e. The fourth-order valence-corrected chi connectivity index (χ4v) is 2.42. The molecule has 108 valence electrons. The zero-order valence-electron chi connectivity index (χ0n) is 12.8. The zero-order valence-corrected chi connectivity index (χ0v) is 12.8. The van der Waals surface area contributed by atoms with Gasteiger partial charge in [-0.3, -0.25) is 4.68 Å². The minimum atomic E-state index is 0.528. The van der Waals surface area contributed by atoms with Crippen LogP contribution in [0, 0.1) is 0 Å². The predicted octanol–water partition coefficient (Wildman–Crippen LogP) is 3.36. The Kier molecular flexibility index (Phi) is 5.36. The van der Waals surface area contributed by atoms with E-state index in [0.29, 0.717) is 5.92 Å². The van der Waals surface area contributed by atoms with Gasteiger partial charge < -0.3 is 5.32 Å². The normalized spacial score (nSPS) is 12.6. The zero-order chi connectivity index (χ0) is 14.4. The lowest BCUT2D eigenvalue weighted by Crippen LogP contribution is -2.21. The first kappa shape index (κ1) is 14.8. The van der Waals surface area contributed by atoms with E-state index in [0.717, 1.165) is 26.1 Å². The maximum Gasteiger partial charge on any atom is 0.0625 e. The second-order valence-electron chi connectivity index (χ2n) is 5.24. The average Bonchev–Trinajstić information content (AvgIpc) is 2.90.